The first kappa shape index (κ1) is 15.1. The van der Waals surface area contributed by atoms with E-state index >= 15 is 0 Å². The summed E-state index contributed by atoms with van der Waals surface area (Å²) in [5, 5.41) is 3.08. The topological polar surface area (TPSA) is 56.3 Å². The smallest absolute Gasteiger partial charge is 0.133 e. The van der Waals surface area contributed by atoms with Crippen molar-refractivity contribution in [3.05, 3.63) is 30.1 Å². The molecule has 0 fully saturated rings. The molecule has 1 heterocycles. The van der Waals surface area contributed by atoms with E-state index < -0.39 is 0 Å². The molecule has 0 aliphatic rings. The molecule has 0 atom stereocenters. The van der Waals surface area contributed by atoms with Gasteiger partial charge in [-0.15, -0.1) is 0 Å². The van der Waals surface area contributed by atoms with E-state index in [0.29, 0.717) is 0 Å². The maximum absolute atomic E-state index is 5.46. The van der Waals surface area contributed by atoms with Crippen LogP contribution in [0.2, 0.25) is 0 Å². The molecule has 0 amide bonds. The van der Waals surface area contributed by atoms with E-state index in [2.05, 4.69) is 29.1 Å². The zero-order valence-corrected chi connectivity index (χ0v) is 13.1. The molecular weight excluding hydrogens is 266 g/mol. The largest absolute Gasteiger partial charge is 0.497 e. The van der Waals surface area contributed by atoms with Crippen molar-refractivity contribution in [2.24, 2.45) is 0 Å². The van der Waals surface area contributed by atoms with Gasteiger partial charge in [-0.3, -0.25) is 0 Å². The van der Waals surface area contributed by atoms with Crippen LogP contribution in [0.25, 0.3) is 11.3 Å². The zero-order chi connectivity index (χ0) is 15.4. The summed E-state index contributed by atoms with van der Waals surface area (Å²) in [5.41, 5.74) is 1.75. The van der Waals surface area contributed by atoms with Gasteiger partial charge in [0.05, 0.1) is 19.9 Å². The summed E-state index contributed by atoms with van der Waals surface area (Å²) in [6.07, 6.45) is 0. The number of nitrogens with one attached hydrogen (secondary N) is 1. The highest BCUT2D eigenvalue weighted by molar-refractivity contribution is 5.70. The molecule has 0 unspecified atom stereocenters. The minimum absolute atomic E-state index is 0.251. The third kappa shape index (κ3) is 3.24. The lowest BCUT2D eigenvalue weighted by atomic mass is 10.1. The number of benzene rings is 1. The van der Waals surface area contributed by atoms with Gasteiger partial charge in [0.2, 0.25) is 0 Å². The molecule has 1 aromatic heterocycles. The van der Waals surface area contributed by atoms with E-state index in [0.717, 1.165) is 34.4 Å². The lowest BCUT2D eigenvalue weighted by Crippen LogP contribution is -2.03. The Morgan fingerprint density at radius 1 is 1.05 bits per heavy atom. The number of aromatic nitrogens is 2. The highest BCUT2D eigenvalue weighted by atomic mass is 16.5. The first-order valence-corrected chi connectivity index (χ1v) is 6.88. The number of methoxy groups -OCH3 is 2. The molecule has 1 aromatic carbocycles. The average molecular weight is 287 g/mol. The molecule has 2 rings (SSSR count). The van der Waals surface area contributed by atoms with Crippen molar-refractivity contribution >= 4 is 5.82 Å². The third-order valence-corrected chi connectivity index (χ3v) is 3.20. The van der Waals surface area contributed by atoms with Gasteiger partial charge in [0.15, 0.2) is 0 Å². The minimum atomic E-state index is 0.251. The van der Waals surface area contributed by atoms with Crippen molar-refractivity contribution in [1.82, 2.24) is 9.97 Å². The molecule has 0 aliphatic heterocycles. The van der Waals surface area contributed by atoms with Crippen LogP contribution in [0.15, 0.2) is 24.3 Å². The van der Waals surface area contributed by atoms with Crippen LogP contribution in [0.1, 0.15) is 25.6 Å². The Morgan fingerprint density at radius 3 is 2.38 bits per heavy atom. The molecular formula is C16H21N3O2. The second-order valence-electron chi connectivity index (χ2n) is 4.97. The van der Waals surface area contributed by atoms with Crippen molar-refractivity contribution in [3.63, 3.8) is 0 Å². The molecule has 2 aromatic rings. The lowest BCUT2D eigenvalue weighted by molar-refractivity contribution is 0.395. The Balaban J connectivity index is 2.57. The van der Waals surface area contributed by atoms with Crippen molar-refractivity contribution in [1.29, 1.82) is 0 Å². The van der Waals surface area contributed by atoms with Gasteiger partial charge in [-0.25, -0.2) is 9.97 Å². The van der Waals surface area contributed by atoms with Gasteiger partial charge in [0.25, 0.3) is 0 Å². The molecule has 1 N–H and O–H groups in total. The number of rotatable bonds is 5. The van der Waals surface area contributed by atoms with Crippen molar-refractivity contribution in [2.45, 2.75) is 19.8 Å². The first-order chi connectivity index (χ1) is 10.1. The van der Waals surface area contributed by atoms with Gasteiger partial charge in [-0.2, -0.15) is 0 Å². The lowest BCUT2D eigenvalue weighted by Gasteiger charge is -2.13. The standard InChI is InChI=1S/C16H21N3O2/c1-10(2)16-18-13(9-15(17-3)19-16)12-7-6-11(20-4)8-14(12)21-5/h6-10H,1-5H3,(H,17,18,19). The molecule has 0 aliphatic carbocycles. The zero-order valence-electron chi connectivity index (χ0n) is 13.1. The fourth-order valence-electron chi connectivity index (χ4n) is 2.00. The molecule has 112 valence electrons. The van der Waals surface area contributed by atoms with Crippen LogP contribution >= 0.6 is 0 Å². The molecule has 0 radical (unpaired) electrons. The summed E-state index contributed by atoms with van der Waals surface area (Å²) in [5.74, 6) is 3.32. The maximum Gasteiger partial charge on any atom is 0.133 e. The van der Waals surface area contributed by atoms with Crippen LogP contribution in [0.5, 0.6) is 11.5 Å². The molecule has 0 spiro atoms. The molecule has 5 heteroatoms. The average Bonchev–Trinajstić information content (AvgIpc) is 2.53. The Hall–Kier alpha value is -2.30. The Morgan fingerprint density at radius 2 is 1.81 bits per heavy atom. The van der Waals surface area contributed by atoms with Gasteiger partial charge < -0.3 is 14.8 Å². The maximum atomic E-state index is 5.46. The van der Waals surface area contributed by atoms with Gasteiger partial charge >= 0.3 is 0 Å². The monoisotopic (exact) mass is 287 g/mol. The van der Waals surface area contributed by atoms with Gasteiger partial charge in [0, 0.05) is 30.7 Å². The van der Waals surface area contributed by atoms with Crippen molar-refractivity contribution in [2.75, 3.05) is 26.6 Å². The highest BCUT2D eigenvalue weighted by Gasteiger charge is 2.13. The summed E-state index contributed by atoms with van der Waals surface area (Å²) in [6, 6.07) is 7.61. The summed E-state index contributed by atoms with van der Waals surface area (Å²) >= 11 is 0. The Labute approximate surface area is 125 Å². The van der Waals surface area contributed by atoms with E-state index in [1.807, 2.05) is 31.3 Å². The summed E-state index contributed by atoms with van der Waals surface area (Å²) in [6.45, 7) is 4.15. The second kappa shape index (κ2) is 6.43. The number of hydrogen-bond acceptors (Lipinski definition) is 5. The predicted octanol–water partition coefficient (Wildman–Crippen LogP) is 3.33. The number of nitrogens with zero attached hydrogens (tertiary/aromatic N) is 2. The molecule has 0 saturated carbocycles. The predicted molar refractivity (Wildman–Crippen MR) is 84.2 cm³/mol. The Kier molecular flexibility index (Phi) is 4.62. The van der Waals surface area contributed by atoms with Crippen LogP contribution in [-0.2, 0) is 0 Å². The Bertz CT molecular complexity index is 627. The minimum Gasteiger partial charge on any atom is -0.497 e. The van der Waals surface area contributed by atoms with E-state index in [-0.39, 0.29) is 5.92 Å². The summed E-state index contributed by atoms with van der Waals surface area (Å²) in [7, 11) is 5.12. The number of hydrogen-bond donors (Lipinski definition) is 1. The normalized spacial score (nSPS) is 10.6. The van der Waals surface area contributed by atoms with Crippen molar-refractivity contribution in [3.8, 4) is 22.8 Å². The van der Waals surface area contributed by atoms with E-state index in [1.165, 1.54) is 0 Å². The van der Waals surface area contributed by atoms with Crippen LogP contribution in [0, 0.1) is 0 Å². The van der Waals surface area contributed by atoms with Gasteiger partial charge in [-0.1, -0.05) is 13.8 Å². The van der Waals surface area contributed by atoms with Crippen LogP contribution in [-0.4, -0.2) is 31.2 Å². The number of anilines is 1. The quantitative estimate of drug-likeness (QED) is 0.914. The van der Waals surface area contributed by atoms with E-state index in [4.69, 9.17) is 9.47 Å². The third-order valence-electron chi connectivity index (χ3n) is 3.20. The van der Waals surface area contributed by atoms with Gasteiger partial charge in [0.1, 0.15) is 23.1 Å². The van der Waals surface area contributed by atoms with Crippen LogP contribution in [0.3, 0.4) is 0 Å². The van der Waals surface area contributed by atoms with Crippen molar-refractivity contribution < 1.29 is 9.47 Å². The molecule has 21 heavy (non-hydrogen) atoms. The molecule has 0 bridgehead atoms. The summed E-state index contributed by atoms with van der Waals surface area (Å²) in [4.78, 5) is 9.12. The van der Waals surface area contributed by atoms with Crippen LogP contribution in [0.4, 0.5) is 5.82 Å². The first-order valence-electron chi connectivity index (χ1n) is 6.88. The SMILES string of the molecule is CNc1cc(-c2ccc(OC)cc2OC)nc(C(C)C)n1. The number of ether oxygens (including phenoxy) is 2. The molecule has 5 nitrogen and oxygen atoms in total. The van der Waals surface area contributed by atoms with Crippen LogP contribution < -0.4 is 14.8 Å². The molecule has 0 saturated heterocycles. The highest BCUT2D eigenvalue weighted by Crippen LogP contribution is 2.33. The van der Waals surface area contributed by atoms with E-state index in [9.17, 15) is 0 Å². The second-order valence-corrected chi connectivity index (χ2v) is 4.97. The van der Waals surface area contributed by atoms with E-state index in [1.54, 1.807) is 14.2 Å². The summed E-state index contributed by atoms with van der Waals surface area (Å²) < 4.78 is 10.7. The fourth-order valence-corrected chi connectivity index (χ4v) is 2.00. The fraction of sp³-hybridized carbons (Fsp3) is 0.375. The van der Waals surface area contributed by atoms with Gasteiger partial charge in [-0.05, 0) is 12.1 Å².